The summed E-state index contributed by atoms with van der Waals surface area (Å²) in [5, 5.41) is 0.897. The molecule has 1 heterocycles. The van der Waals surface area contributed by atoms with Crippen LogP contribution in [0.3, 0.4) is 0 Å². The fourth-order valence-electron chi connectivity index (χ4n) is 2.70. The molecule has 0 radical (unpaired) electrons. The standard InChI is InChI=1S/C19H15Cl2F3N2/c1-26-9-8-25-17(7-3-12-2-6-15(20)16(21)10-12)14-5-4-13(11-18(14)26)19(22,23)24/h2-7,10-11H,8-9H2,1H3. The second kappa shape index (κ2) is 7.33. The Hall–Kier alpha value is -1.98. The molecule has 0 fully saturated rings. The molecule has 0 N–H and O–H groups in total. The van der Waals surface area contributed by atoms with Gasteiger partial charge in [0.15, 0.2) is 0 Å². The van der Waals surface area contributed by atoms with E-state index in [1.54, 1.807) is 30.2 Å². The van der Waals surface area contributed by atoms with Crippen LogP contribution < -0.4 is 4.90 Å². The molecule has 2 aromatic rings. The third-order valence-corrected chi connectivity index (χ3v) is 4.85. The minimum absolute atomic E-state index is 0.437. The van der Waals surface area contributed by atoms with Crippen LogP contribution in [0.5, 0.6) is 0 Å². The normalized spacial score (nSPS) is 15.0. The molecule has 1 aliphatic heterocycles. The Kier molecular flexibility index (Phi) is 5.30. The highest BCUT2D eigenvalue weighted by atomic mass is 35.5. The number of nitrogens with zero attached hydrogens (tertiary/aromatic N) is 2. The van der Waals surface area contributed by atoms with Gasteiger partial charge in [-0.1, -0.05) is 41.4 Å². The molecular weight excluding hydrogens is 384 g/mol. The van der Waals surface area contributed by atoms with E-state index in [0.717, 1.165) is 11.6 Å². The number of benzene rings is 2. The smallest absolute Gasteiger partial charge is 0.372 e. The highest BCUT2D eigenvalue weighted by molar-refractivity contribution is 6.42. The number of fused-ring (bicyclic) bond motifs is 1. The van der Waals surface area contributed by atoms with Crippen molar-refractivity contribution in [2.45, 2.75) is 6.18 Å². The van der Waals surface area contributed by atoms with E-state index in [1.807, 2.05) is 12.1 Å². The molecule has 0 aromatic heterocycles. The van der Waals surface area contributed by atoms with E-state index in [0.29, 0.717) is 40.1 Å². The van der Waals surface area contributed by atoms with Crippen LogP contribution in [0.1, 0.15) is 16.7 Å². The number of benzodiazepines with no additional fused rings is 1. The predicted molar refractivity (Wildman–Crippen MR) is 102 cm³/mol. The molecule has 0 bridgehead atoms. The third kappa shape index (κ3) is 4.05. The monoisotopic (exact) mass is 398 g/mol. The van der Waals surface area contributed by atoms with Gasteiger partial charge in [0.05, 0.1) is 27.9 Å². The lowest BCUT2D eigenvalue weighted by atomic mass is 10.0. The molecule has 0 atom stereocenters. The summed E-state index contributed by atoms with van der Waals surface area (Å²) < 4.78 is 39.1. The van der Waals surface area contributed by atoms with Crippen molar-refractivity contribution in [3.63, 3.8) is 0 Å². The molecule has 0 amide bonds. The molecular formula is C19H15Cl2F3N2. The number of halogens is 5. The topological polar surface area (TPSA) is 15.6 Å². The summed E-state index contributed by atoms with van der Waals surface area (Å²) >= 11 is 11.9. The van der Waals surface area contributed by atoms with Crippen LogP contribution in [0, 0.1) is 0 Å². The maximum atomic E-state index is 13.0. The number of alkyl halides is 3. The van der Waals surface area contributed by atoms with E-state index in [4.69, 9.17) is 23.2 Å². The number of allylic oxidation sites excluding steroid dienone is 1. The Balaban J connectivity index is 1.98. The summed E-state index contributed by atoms with van der Waals surface area (Å²) in [6.07, 6.45) is -0.784. The lowest BCUT2D eigenvalue weighted by Crippen LogP contribution is -2.21. The summed E-state index contributed by atoms with van der Waals surface area (Å²) in [6, 6.07) is 8.94. The van der Waals surface area contributed by atoms with Crippen molar-refractivity contribution in [3.05, 3.63) is 69.2 Å². The summed E-state index contributed by atoms with van der Waals surface area (Å²) in [4.78, 5) is 6.30. The van der Waals surface area contributed by atoms with Gasteiger partial charge in [-0.05, 0) is 35.9 Å². The molecule has 1 aliphatic rings. The fraction of sp³-hybridized carbons (Fsp3) is 0.211. The Morgan fingerprint density at radius 3 is 2.50 bits per heavy atom. The number of aliphatic imine (C=N–C) groups is 1. The van der Waals surface area contributed by atoms with Gasteiger partial charge in [-0.25, -0.2) is 0 Å². The number of hydrogen-bond acceptors (Lipinski definition) is 2. The van der Waals surface area contributed by atoms with Crippen LogP contribution in [0.15, 0.2) is 47.5 Å². The highest BCUT2D eigenvalue weighted by Crippen LogP contribution is 2.34. The van der Waals surface area contributed by atoms with Crippen molar-refractivity contribution in [3.8, 4) is 0 Å². The second-order valence-corrected chi connectivity index (χ2v) is 6.74. The molecule has 7 heteroatoms. The third-order valence-electron chi connectivity index (χ3n) is 4.11. The van der Waals surface area contributed by atoms with Crippen molar-refractivity contribution >= 4 is 40.7 Å². The Labute approximate surface area is 159 Å². The molecule has 2 aromatic carbocycles. The van der Waals surface area contributed by atoms with Gasteiger partial charge in [0.25, 0.3) is 0 Å². The minimum Gasteiger partial charge on any atom is -0.372 e. The zero-order valence-corrected chi connectivity index (χ0v) is 15.3. The number of likely N-dealkylation sites (N-methyl/N-ethyl adjacent to an activating group) is 1. The number of hydrogen-bond donors (Lipinski definition) is 0. The van der Waals surface area contributed by atoms with E-state index in [9.17, 15) is 13.2 Å². The molecule has 0 aliphatic carbocycles. The van der Waals surface area contributed by atoms with Gasteiger partial charge in [-0.15, -0.1) is 0 Å². The van der Waals surface area contributed by atoms with Gasteiger partial charge < -0.3 is 4.90 Å². The van der Waals surface area contributed by atoms with Crippen molar-refractivity contribution in [2.24, 2.45) is 4.99 Å². The van der Waals surface area contributed by atoms with E-state index < -0.39 is 11.7 Å². The van der Waals surface area contributed by atoms with Crippen LogP contribution in [-0.2, 0) is 6.18 Å². The minimum atomic E-state index is -4.38. The number of rotatable bonds is 2. The zero-order valence-electron chi connectivity index (χ0n) is 13.8. The average molecular weight is 399 g/mol. The lowest BCUT2D eigenvalue weighted by molar-refractivity contribution is -0.137. The summed E-state index contributed by atoms with van der Waals surface area (Å²) in [6.45, 7) is 1.03. The van der Waals surface area contributed by atoms with E-state index in [1.165, 1.54) is 12.1 Å². The molecule has 26 heavy (non-hydrogen) atoms. The van der Waals surface area contributed by atoms with Gasteiger partial charge in [0, 0.05) is 24.8 Å². The molecule has 0 saturated carbocycles. The van der Waals surface area contributed by atoms with E-state index in [2.05, 4.69) is 4.99 Å². The Morgan fingerprint density at radius 1 is 1.04 bits per heavy atom. The van der Waals surface area contributed by atoms with Crippen LogP contribution in [0.2, 0.25) is 10.0 Å². The van der Waals surface area contributed by atoms with Gasteiger partial charge in [0.1, 0.15) is 0 Å². The maximum absolute atomic E-state index is 13.0. The van der Waals surface area contributed by atoms with Gasteiger partial charge in [-0.3, -0.25) is 4.99 Å². The van der Waals surface area contributed by atoms with Crippen molar-refractivity contribution < 1.29 is 13.2 Å². The summed E-state index contributed by atoms with van der Waals surface area (Å²) in [7, 11) is 1.76. The van der Waals surface area contributed by atoms with E-state index >= 15 is 0 Å². The van der Waals surface area contributed by atoms with Crippen molar-refractivity contribution in [1.29, 1.82) is 0 Å². The predicted octanol–water partition coefficient (Wildman–Crippen LogP) is 5.96. The van der Waals surface area contributed by atoms with Gasteiger partial charge in [-0.2, -0.15) is 13.2 Å². The Bertz CT molecular complexity index is 889. The maximum Gasteiger partial charge on any atom is 0.416 e. The molecule has 0 spiro atoms. The zero-order chi connectivity index (χ0) is 18.9. The van der Waals surface area contributed by atoms with Crippen LogP contribution >= 0.6 is 23.2 Å². The average Bonchev–Trinajstić information content (AvgIpc) is 2.74. The van der Waals surface area contributed by atoms with Crippen LogP contribution in [-0.4, -0.2) is 25.8 Å². The molecule has 136 valence electrons. The number of anilines is 1. The van der Waals surface area contributed by atoms with Crippen molar-refractivity contribution in [2.75, 3.05) is 25.0 Å². The SMILES string of the molecule is CN1CCN=C(C=Cc2ccc(Cl)c(Cl)c2)c2ccc(C(F)(F)F)cc21. The first-order chi connectivity index (χ1) is 12.3. The highest BCUT2D eigenvalue weighted by Gasteiger charge is 2.32. The first kappa shape index (κ1) is 18.8. The summed E-state index contributed by atoms with van der Waals surface area (Å²) in [5.74, 6) is 0. The quantitative estimate of drug-likeness (QED) is 0.608. The van der Waals surface area contributed by atoms with Gasteiger partial charge in [0.2, 0.25) is 0 Å². The second-order valence-electron chi connectivity index (χ2n) is 5.93. The summed E-state index contributed by atoms with van der Waals surface area (Å²) in [5.41, 5.74) is 1.96. The van der Waals surface area contributed by atoms with E-state index in [-0.39, 0.29) is 0 Å². The van der Waals surface area contributed by atoms with Crippen LogP contribution in [0.25, 0.3) is 6.08 Å². The first-order valence-electron chi connectivity index (χ1n) is 7.86. The molecule has 3 rings (SSSR count). The fourth-order valence-corrected chi connectivity index (χ4v) is 3.01. The van der Waals surface area contributed by atoms with Gasteiger partial charge >= 0.3 is 6.18 Å². The largest absolute Gasteiger partial charge is 0.416 e. The lowest BCUT2D eigenvalue weighted by Gasteiger charge is -2.20. The molecule has 2 nitrogen and oxygen atoms in total. The molecule has 0 unspecified atom stereocenters. The Morgan fingerprint density at radius 2 is 1.81 bits per heavy atom. The first-order valence-corrected chi connectivity index (χ1v) is 8.61. The molecule has 0 saturated heterocycles. The van der Waals surface area contributed by atoms with Crippen molar-refractivity contribution in [1.82, 2.24) is 0 Å². The van der Waals surface area contributed by atoms with Crippen LogP contribution in [0.4, 0.5) is 18.9 Å².